The van der Waals surface area contributed by atoms with E-state index >= 15 is 0 Å². The van der Waals surface area contributed by atoms with E-state index in [2.05, 4.69) is 27.5 Å². The van der Waals surface area contributed by atoms with Crippen LogP contribution in [-0.4, -0.2) is 57.1 Å². The Hall–Kier alpha value is -1.66. The first-order valence-electron chi connectivity index (χ1n) is 9.14. The fourth-order valence-electron chi connectivity index (χ4n) is 3.67. The van der Waals surface area contributed by atoms with E-state index in [4.69, 9.17) is 0 Å². The zero-order valence-corrected chi connectivity index (χ0v) is 15.4. The molecule has 2 saturated heterocycles. The van der Waals surface area contributed by atoms with E-state index in [1.807, 2.05) is 19.9 Å². The van der Waals surface area contributed by atoms with Gasteiger partial charge in [0.2, 0.25) is 5.91 Å². The van der Waals surface area contributed by atoms with E-state index < -0.39 is 0 Å². The summed E-state index contributed by atoms with van der Waals surface area (Å²) < 4.78 is 13.9. The van der Waals surface area contributed by atoms with E-state index in [1.165, 1.54) is 6.07 Å². The summed E-state index contributed by atoms with van der Waals surface area (Å²) >= 11 is 0. The lowest BCUT2D eigenvalue weighted by Gasteiger charge is -2.36. The molecule has 1 aromatic carbocycles. The average Bonchev–Trinajstić information content (AvgIpc) is 3.04. The molecule has 2 heterocycles. The molecular weight excluding hydrogens is 319 g/mol. The van der Waals surface area contributed by atoms with Crippen molar-refractivity contribution >= 4 is 11.6 Å². The number of nitrogens with one attached hydrogen (secondary N) is 2. The molecule has 138 valence electrons. The van der Waals surface area contributed by atoms with Crippen LogP contribution in [0.25, 0.3) is 0 Å². The quantitative estimate of drug-likeness (QED) is 0.870. The summed E-state index contributed by atoms with van der Waals surface area (Å²) in [5.41, 5.74) is 1.50. The highest BCUT2D eigenvalue weighted by Crippen LogP contribution is 2.30. The minimum Gasteiger partial charge on any atom is -0.369 e. The smallest absolute Gasteiger partial charge is 0.227 e. The summed E-state index contributed by atoms with van der Waals surface area (Å²) in [7, 11) is 2.11. The normalized spacial score (nSPS) is 25.8. The predicted molar refractivity (Wildman–Crippen MR) is 98.3 cm³/mol. The molecule has 25 heavy (non-hydrogen) atoms. The number of halogens is 1. The standard InChI is InChI=1S/C19H29FN4O/c1-14(22-18(25)19(2)6-7-21-13-19)16-12-15(20)4-5-17(16)24-10-8-23(3)9-11-24/h4-5,12,14,21H,6-11,13H2,1-3H3,(H,22,25). The highest BCUT2D eigenvalue weighted by atomic mass is 19.1. The second kappa shape index (κ2) is 7.30. The molecule has 1 aromatic rings. The third-order valence-electron chi connectivity index (χ3n) is 5.56. The second-order valence-corrected chi connectivity index (χ2v) is 7.68. The lowest BCUT2D eigenvalue weighted by atomic mass is 9.88. The summed E-state index contributed by atoms with van der Waals surface area (Å²) in [6.45, 7) is 9.29. The molecule has 0 spiro atoms. The summed E-state index contributed by atoms with van der Waals surface area (Å²) in [4.78, 5) is 17.3. The minimum absolute atomic E-state index is 0.0404. The third kappa shape index (κ3) is 3.96. The van der Waals surface area contributed by atoms with Gasteiger partial charge in [0.25, 0.3) is 0 Å². The molecule has 2 atom stereocenters. The Kier molecular flexibility index (Phi) is 5.29. The van der Waals surface area contributed by atoms with Crippen LogP contribution in [0.5, 0.6) is 0 Å². The maximum atomic E-state index is 13.9. The van der Waals surface area contributed by atoms with Gasteiger partial charge in [0, 0.05) is 44.0 Å². The van der Waals surface area contributed by atoms with Gasteiger partial charge in [-0.2, -0.15) is 0 Å². The van der Waals surface area contributed by atoms with Gasteiger partial charge < -0.3 is 20.4 Å². The number of likely N-dealkylation sites (N-methyl/N-ethyl adjacent to an activating group) is 1. The molecule has 1 amide bonds. The monoisotopic (exact) mass is 348 g/mol. The largest absolute Gasteiger partial charge is 0.369 e. The molecule has 3 rings (SSSR count). The van der Waals surface area contributed by atoms with Gasteiger partial charge in [-0.25, -0.2) is 4.39 Å². The number of benzene rings is 1. The average molecular weight is 348 g/mol. The Labute approximate surface area is 149 Å². The summed E-state index contributed by atoms with van der Waals surface area (Å²) in [6.07, 6.45) is 0.833. The van der Waals surface area contributed by atoms with Crippen molar-refractivity contribution in [1.29, 1.82) is 0 Å². The van der Waals surface area contributed by atoms with Gasteiger partial charge in [-0.05, 0) is 52.1 Å². The number of carbonyl (C=O) groups is 1. The first-order chi connectivity index (χ1) is 11.9. The number of carbonyl (C=O) groups excluding carboxylic acids is 1. The van der Waals surface area contributed by atoms with Crippen molar-refractivity contribution in [3.8, 4) is 0 Å². The molecule has 0 aromatic heterocycles. The van der Waals surface area contributed by atoms with Crippen LogP contribution in [0.3, 0.4) is 0 Å². The number of nitrogens with zero attached hydrogens (tertiary/aromatic N) is 2. The Balaban J connectivity index is 1.78. The van der Waals surface area contributed by atoms with E-state index in [-0.39, 0.29) is 23.2 Å². The Morgan fingerprint density at radius 1 is 1.32 bits per heavy atom. The van der Waals surface area contributed by atoms with Crippen LogP contribution in [0.2, 0.25) is 0 Å². The van der Waals surface area contributed by atoms with Crippen molar-refractivity contribution in [2.45, 2.75) is 26.3 Å². The van der Waals surface area contributed by atoms with Gasteiger partial charge in [-0.1, -0.05) is 0 Å². The number of hydrogen-bond acceptors (Lipinski definition) is 4. The van der Waals surface area contributed by atoms with Gasteiger partial charge in [-0.15, -0.1) is 0 Å². The molecule has 2 unspecified atom stereocenters. The molecule has 0 aliphatic carbocycles. The zero-order chi connectivity index (χ0) is 18.0. The summed E-state index contributed by atoms with van der Waals surface area (Å²) in [5.74, 6) is -0.221. The number of anilines is 1. The highest BCUT2D eigenvalue weighted by Gasteiger charge is 2.37. The first kappa shape index (κ1) is 18.1. The van der Waals surface area contributed by atoms with Gasteiger partial charge in [0.05, 0.1) is 11.5 Å². The first-order valence-corrected chi connectivity index (χ1v) is 9.14. The molecule has 2 aliphatic heterocycles. The molecule has 6 heteroatoms. The van der Waals surface area contributed by atoms with E-state index in [9.17, 15) is 9.18 Å². The maximum absolute atomic E-state index is 13.9. The number of hydrogen-bond donors (Lipinski definition) is 2. The van der Waals surface area contributed by atoms with E-state index in [0.29, 0.717) is 6.54 Å². The highest BCUT2D eigenvalue weighted by molar-refractivity contribution is 5.83. The Morgan fingerprint density at radius 2 is 2.04 bits per heavy atom. The van der Waals surface area contributed by atoms with Crippen molar-refractivity contribution < 1.29 is 9.18 Å². The topological polar surface area (TPSA) is 47.6 Å². The van der Waals surface area contributed by atoms with Crippen LogP contribution in [0.1, 0.15) is 31.9 Å². The molecular formula is C19H29FN4O. The predicted octanol–water partition coefficient (Wildman–Crippen LogP) is 1.75. The minimum atomic E-state index is -0.379. The molecule has 0 radical (unpaired) electrons. The molecule has 0 saturated carbocycles. The fourth-order valence-corrected chi connectivity index (χ4v) is 3.67. The maximum Gasteiger partial charge on any atom is 0.227 e. The van der Waals surface area contributed by atoms with Crippen LogP contribution in [0, 0.1) is 11.2 Å². The molecule has 2 N–H and O–H groups in total. The van der Waals surface area contributed by atoms with Crippen molar-refractivity contribution in [3.05, 3.63) is 29.6 Å². The van der Waals surface area contributed by atoms with Crippen molar-refractivity contribution in [2.75, 3.05) is 51.2 Å². The van der Waals surface area contributed by atoms with Crippen molar-refractivity contribution in [2.24, 2.45) is 5.41 Å². The van der Waals surface area contributed by atoms with E-state index in [1.54, 1.807) is 6.07 Å². The second-order valence-electron chi connectivity index (χ2n) is 7.68. The third-order valence-corrected chi connectivity index (χ3v) is 5.56. The van der Waals surface area contributed by atoms with Gasteiger partial charge in [-0.3, -0.25) is 4.79 Å². The molecule has 2 fully saturated rings. The summed E-state index contributed by atoms with van der Waals surface area (Å²) in [6, 6.07) is 4.69. The van der Waals surface area contributed by atoms with Crippen LogP contribution < -0.4 is 15.5 Å². The summed E-state index contributed by atoms with van der Waals surface area (Å²) in [5, 5.41) is 6.36. The van der Waals surface area contributed by atoms with Gasteiger partial charge >= 0.3 is 0 Å². The SMILES string of the molecule is CC(NC(=O)C1(C)CCNC1)c1cc(F)ccc1N1CCN(C)CC1. The fraction of sp³-hybridized carbons (Fsp3) is 0.632. The molecule has 0 bridgehead atoms. The number of amides is 1. The van der Waals surface area contributed by atoms with E-state index in [0.717, 1.165) is 50.4 Å². The zero-order valence-electron chi connectivity index (χ0n) is 15.4. The van der Waals surface area contributed by atoms with Gasteiger partial charge in [0.1, 0.15) is 5.82 Å². The molecule has 5 nitrogen and oxygen atoms in total. The van der Waals surface area contributed by atoms with Crippen molar-refractivity contribution in [1.82, 2.24) is 15.5 Å². The Morgan fingerprint density at radius 3 is 2.68 bits per heavy atom. The Bertz CT molecular complexity index is 622. The van der Waals surface area contributed by atoms with Gasteiger partial charge in [0.15, 0.2) is 0 Å². The van der Waals surface area contributed by atoms with Crippen LogP contribution >= 0.6 is 0 Å². The lowest BCUT2D eigenvalue weighted by molar-refractivity contribution is -0.129. The number of rotatable bonds is 4. The van der Waals surface area contributed by atoms with Crippen LogP contribution in [-0.2, 0) is 4.79 Å². The van der Waals surface area contributed by atoms with Crippen LogP contribution in [0.15, 0.2) is 18.2 Å². The lowest BCUT2D eigenvalue weighted by Crippen LogP contribution is -2.45. The molecule has 2 aliphatic rings. The van der Waals surface area contributed by atoms with Crippen molar-refractivity contribution in [3.63, 3.8) is 0 Å². The van der Waals surface area contributed by atoms with Crippen LogP contribution in [0.4, 0.5) is 10.1 Å². The number of piperazine rings is 1.